The van der Waals surface area contributed by atoms with Gasteiger partial charge in [-0.15, -0.1) is 5.10 Å². The molecule has 1 fully saturated rings. The lowest BCUT2D eigenvalue weighted by atomic mass is 10.2. The molecule has 5 heteroatoms. The molecule has 2 aromatic rings. The van der Waals surface area contributed by atoms with Gasteiger partial charge in [-0.1, -0.05) is 23.4 Å². The van der Waals surface area contributed by atoms with Crippen LogP contribution in [-0.4, -0.2) is 21.6 Å². The Morgan fingerprint density at radius 3 is 2.89 bits per heavy atom. The first-order valence-corrected chi connectivity index (χ1v) is 6.69. The Morgan fingerprint density at radius 2 is 2.16 bits per heavy atom. The Labute approximate surface area is 112 Å². The summed E-state index contributed by atoms with van der Waals surface area (Å²) in [6.07, 6.45) is 2.37. The fourth-order valence-corrected chi connectivity index (χ4v) is 2.32. The van der Waals surface area contributed by atoms with Crippen LogP contribution >= 0.6 is 0 Å². The summed E-state index contributed by atoms with van der Waals surface area (Å²) in [5, 5.41) is 8.16. The Kier molecular flexibility index (Phi) is 3.11. The van der Waals surface area contributed by atoms with E-state index in [-0.39, 0.29) is 0 Å². The van der Waals surface area contributed by atoms with E-state index in [1.165, 1.54) is 12.8 Å². The molecule has 1 aromatic carbocycles. The molecule has 3 rings (SSSR count). The highest BCUT2D eigenvalue weighted by Crippen LogP contribution is 2.42. The van der Waals surface area contributed by atoms with Crippen molar-refractivity contribution in [3.63, 3.8) is 0 Å². The highest BCUT2D eigenvalue weighted by atomic mass is 16.5. The average Bonchev–Trinajstić information content (AvgIpc) is 3.18. The molecule has 1 heterocycles. The predicted octanol–water partition coefficient (Wildman–Crippen LogP) is 2.18. The second-order valence-electron chi connectivity index (χ2n) is 4.83. The van der Waals surface area contributed by atoms with Gasteiger partial charge in [-0.2, -0.15) is 0 Å². The largest absolute Gasteiger partial charge is 0.494 e. The quantitative estimate of drug-likeness (QED) is 0.892. The van der Waals surface area contributed by atoms with Crippen molar-refractivity contribution in [2.24, 2.45) is 0 Å². The van der Waals surface area contributed by atoms with Crippen LogP contribution < -0.4 is 10.5 Å². The van der Waals surface area contributed by atoms with Crippen molar-refractivity contribution < 1.29 is 4.74 Å². The summed E-state index contributed by atoms with van der Waals surface area (Å²) in [6.45, 7) is 3.30. The lowest BCUT2D eigenvalue weighted by Crippen LogP contribution is -2.08. The first-order valence-electron chi connectivity index (χ1n) is 6.69. The zero-order valence-corrected chi connectivity index (χ0v) is 11.0. The fraction of sp³-hybridized carbons (Fsp3) is 0.429. The highest BCUT2D eigenvalue weighted by molar-refractivity contribution is 5.40. The van der Waals surface area contributed by atoms with Crippen molar-refractivity contribution in [2.75, 3.05) is 12.3 Å². The number of para-hydroxylation sites is 1. The van der Waals surface area contributed by atoms with Crippen molar-refractivity contribution in [3.05, 3.63) is 35.5 Å². The van der Waals surface area contributed by atoms with Crippen LogP contribution in [0.5, 0.6) is 5.75 Å². The van der Waals surface area contributed by atoms with Crippen LogP contribution in [0.2, 0.25) is 0 Å². The molecule has 19 heavy (non-hydrogen) atoms. The SMILES string of the molecule is CCOc1ccccc1Cn1nnc(N)c1C1CC1. The van der Waals surface area contributed by atoms with E-state index >= 15 is 0 Å². The molecule has 2 N–H and O–H groups in total. The average molecular weight is 258 g/mol. The number of nitrogens with zero attached hydrogens (tertiary/aromatic N) is 3. The normalized spacial score (nSPS) is 14.6. The van der Waals surface area contributed by atoms with Crippen molar-refractivity contribution in [2.45, 2.75) is 32.2 Å². The van der Waals surface area contributed by atoms with Crippen molar-refractivity contribution in [3.8, 4) is 5.75 Å². The maximum Gasteiger partial charge on any atom is 0.169 e. The van der Waals surface area contributed by atoms with Gasteiger partial charge in [-0.3, -0.25) is 0 Å². The minimum absolute atomic E-state index is 0.536. The first-order chi connectivity index (χ1) is 9.29. The molecule has 1 aliphatic rings. The van der Waals surface area contributed by atoms with Crippen LogP contribution in [0.1, 0.15) is 36.9 Å². The van der Waals surface area contributed by atoms with E-state index in [0.717, 1.165) is 17.0 Å². The summed E-state index contributed by atoms with van der Waals surface area (Å²) in [6, 6.07) is 8.02. The first kappa shape index (κ1) is 12.0. The van der Waals surface area contributed by atoms with E-state index in [1.807, 2.05) is 29.8 Å². The zero-order valence-electron chi connectivity index (χ0n) is 11.0. The van der Waals surface area contributed by atoms with E-state index in [2.05, 4.69) is 16.4 Å². The molecule has 5 nitrogen and oxygen atoms in total. The van der Waals surface area contributed by atoms with Crippen LogP contribution in [0.15, 0.2) is 24.3 Å². The van der Waals surface area contributed by atoms with Gasteiger partial charge in [0.05, 0.1) is 18.8 Å². The van der Waals surface area contributed by atoms with Crippen molar-refractivity contribution in [1.82, 2.24) is 15.0 Å². The second-order valence-corrected chi connectivity index (χ2v) is 4.83. The summed E-state index contributed by atoms with van der Waals surface area (Å²) in [4.78, 5) is 0. The Bertz CT molecular complexity index is 575. The monoisotopic (exact) mass is 258 g/mol. The number of nitrogen functional groups attached to an aromatic ring is 1. The van der Waals surface area contributed by atoms with Gasteiger partial charge in [0.1, 0.15) is 5.75 Å². The van der Waals surface area contributed by atoms with E-state index in [4.69, 9.17) is 10.5 Å². The molecule has 0 radical (unpaired) electrons. The molecule has 0 atom stereocenters. The molecular weight excluding hydrogens is 240 g/mol. The van der Waals surface area contributed by atoms with Gasteiger partial charge in [0.2, 0.25) is 0 Å². The predicted molar refractivity (Wildman–Crippen MR) is 73.1 cm³/mol. The number of rotatable bonds is 5. The van der Waals surface area contributed by atoms with E-state index < -0.39 is 0 Å². The van der Waals surface area contributed by atoms with Gasteiger partial charge in [-0.05, 0) is 25.8 Å². The molecule has 1 aromatic heterocycles. The lowest BCUT2D eigenvalue weighted by molar-refractivity contribution is 0.335. The molecule has 0 unspecified atom stereocenters. The summed E-state index contributed by atoms with van der Waals surface area (Å²) in [5.41, 5.74) is 8.09. The molecule has 1 saturated carbocycles. The maximum absolute atomic E-state index is 5.91. The smallest absolute Gasteiger partial charge is 0.169 e. The van der Waals surface area contributed by atoms with Crippen LogP contribution in [0.3, 0.4) is 0 Å². The fourth-order valence-electron chi connectivity index (χ4n) is 2.32. The Hall–Kier alpha value is -2.04. The van der Waals surface area contributed by atoms with Gasteiger partial charge in [0.15, 0.2) is 5.82 Å². The number of hydrogen-bond acceptors (Lipinski definition) is 4. The summed E-state index contributed by atoms with van der Waals surface area (Å²) in [7, 11) is 0. The number of anilines is 1. The summed E-state index contributed by atoms with van der Waals surface area (Å²) in [5.74, 6) is 2.01. The zero-order chi connectivity index (χ0) is 13.2. The molecule has 0 amide bonds. The molecule has 100 valence electrons. The van der Waals surface area contributed by atoms with Crippen LogP contribution in [0.4, 0.5) is 5.82 Å². The Morgan fingerprint density at radius 1 is 1.37 bits per heavy atom. The third-order valence-corrected chi connectivity index (χ3v) is 3.36. The number of ether oxygens (including phenoxy) is 1. The number of benzene rings is 1. The molecule has 1 aliphatic carbocycles. The minimum Gasteiger partial charge on any atom is -0.494 e. The molecule has 0 aliphatic heterocycles. The summed E-state index contributed by atoms with van der Waals surface area (Å²) < 4.78 is 7.55. The Balaban J connectivity index is 1.89. The number of nitrogens with two attached hydrogens (primary N) is 1. The molecule has 0 spiro atoms. The molecule has 0 saturated heterocycles. The number of aromatic nitrogens is 3. The molecule has 0 bridgehead atoms. The van der Waals surface area contributed by atoms with Gasteiger partial charge in [-0.25, -0.2) is 4.68 Å². The third kappa shape index (κ3) is 2.41. The standard InChI is InChI=1S/C14H18N4O/c1-2-19-12-6-4-3-5-11(12)9-18-13(10-7-8-10)14(15)16-17-18/h3-6,10H,2,7-9,15H2,1H3. The van der Waals surface area contributed by atoms with Crippen LogP contribution in [0.25, 0.3) is 0 Å². The summed E-state index contributed by atoms with van der Waals surface area (Å²) >= 11 is 0. The van der Waals surface area contributed by atoms with Gasteiger partial charge in [0.25, 0.3) is 0 Å². The topological polar surface area (TPSA) is 66.0 Å². The third-order valence-electron chi connectivity index (χ3n) is 3.36. The van der Waals surface area contributed by atoms with E-state index in [9.17, 15) is 0 Å². The maximum atomic E-state index is 5.91. The number of hydrogen-bond donors (Lipinski definition) is 1. The van der Waals surface area contributed by atoms with Gasteiger partial charge in [0, 0.05) is 11.5 Å². The lowest BCUT2D eigenvalue weighted by Gasteiger charge is -2.11. The highest BCUT2D eigenvalue weighted by Gasteiger charge is 2.30. The van der Waals surface area contributed by atoms with Gasteiger partial charge < -0.3 is 10.5 Å². The van der Waals surface area contributed by atoms with Crippen molar-refractivity contribution in [1.29, 1.82) is 0 Å². The van der Waals surface area contributed by atoms with Gasteiger partial charge >= 0.3 is 0 Å². The van der Waals surface area contributed by atoms with E-state index in [0.29, 0.717) is 24.9 Å². The van der Waals surface area contributed by atoms with Crippen molar-refractivity contribution >= 4 is 5.82 Å². The minimum atomic E-state index is 0.536. The van der Waals surface area contributed by atoms with E-state index in [1.54, 1.807) is 0 Å². The molecular formula is C14H18N4O. The second kappa shape index (κ2) is 4.91. The van der Waals surface area contributed by atoms with Crippen LogP contribution in [0, 0.1) is 0 Å². The van der Waals surface area contributed by atoms with Crippen LogP contribution in [-0.2, 0) is 6.54 Å².